The second kappa shape index (κ2) is 10.1. The van der Waals surface area contributed by atoms with Crippen molar-refractivity contribution >= 4 is 17.7 Å². The van der Waals surface area contributed by atoms with Crippen LogP contribution in [-0.4, -0.2) is 59.0 Å². The van der Waals surface area contributed by atoms with Gasteiger partial charge >= 0.3 is 6.18 Å². The van der Waals surface area contributed by atoms with Crippen LogP contribution in [0.15, 0.2) is 48.5 Å². The maximum absolute atomic E-state index is 13.8. The van der Waals surface area contributed by atoms with E-state index in [1.807, 2.05) is 17.9 Å². The number of ether oxygens (including phenoxy) is 1. The van der Waals surface area contributed by atoms with Crippen LogP contribution in [0.25, 0.3) is 0 Å². The highest BCUT2D eigenvalue weighted by Crippen LogP contribution is 2.40. The molecular weight excluding hydrogens is 499 g/mol. The average Bonchev–Trinajstić information content (AvgIpc) is 3.69. The number of hydrogen-bond donors (Lipinski definition) is 1. The Kier molecular flexibility index (Phi) is 6.94. The Morgan fingerprint density at radius 2 is 1.76 bits per heavy atom. The Labute approximate surface area is 218 Å². The summed E-state index contributed by atoms with van der Waals surface area (Å²) in [7, 11) is 0. The van der Waals surface area contributed by atoms with Crippen molar-refractivity contribution in [2.75, 3.05) is 19.7 Å². The third-order valence-electron chi connectivity index (χ3n) is 7.55. The standard InChI is InChI=1S/C28H30F3N3O4/c1-18-4-2-6-21(14-18)26(37)34-23(24(35)32-16-19-5-3-7-22(15-19)28(29,30)31)17-38-27(34)10-12-33(13-11-27)25(36)20-8-9-20/h2-7,14-15,20,23H,8-13,16-17H2,1H3,(H,32,35). The fourth-order valence-corrected chi connectivity index (χ4v) is 5.31. The van der Waals surface area contributed by atoms with Crippen molar-refractivity contribution in [2.45, 2.75) is 57.1 Å². The number of amides is 3. The molecule has 1 N–H and O–H groups in total. The van der Waals surface area contributed by atoms with Crippen LogP contribution in [0.4, 0.5) is 13.2 Å². The lowest BCUT2D eigenvalue weighted by Crippen LogP contribution is -2.59. The summed E-state index contributed by atoms with van der Waals surface area (Å²) in [6.07, 6.45) is -1.93. The quantitative estimate of drug-likeness (QED) is 0.638. The number of piperidine rings is 1. The second-order valence-electron chi connectivity index (χ2n) is 10.3. The summed E-state index contributed by atoms with van der Waals surface area (Å²) >= 11 is 0. The summed E-state index contributed by atoms with van der Waals surface area (Å²) in [6.45, 7) is 2.55. The van der Waals surface area contributed by atoms with Gasteiger partial charge in [0.25, 0.3) is 5.91 Å². The Hall–Kier alpha value is -3.40. The molecule has 0 bridgehead atoms. The molecule has 1 aliphatic carbocycles. The number of likely N-dealkylation sites (tertiary alicyclic amines) is 1. The molecule has 1 spiro atoms. The van der Waals surface area contributed by atoms with Crippen molar-refractivity contribution in [1.29, 1.82) is 0 Å². The van der Waals surface area contributed by atoms with Gasteiger partial charge in [-0.3, -0.25) is 19.3 Å². The molecule has 2 aromatic rings. The van der Waals surface area contributed by atoms with Crippen molar-refractivity contribution < 1.29 is 32.3 Å². The highest BCUT2D eigenvalue weighted by atomic mass is 19.4. The lowest BCUT2D eigenvalue weighted by atomic mass is 9.96. The third-order valence-corrected chi connectivity index (χ3v) is 7.55. The molecule has 7 nitrogen and oxygen atoms in total. The van der Waals surface area contributed by atoms with E-state index in [-0.39, 0.29) is 30.9 Å². The molecule has 2 aliphatic heterocycles. The topological polar surface area (TPSA) is 79.0 Å². The third kappa shape index (κ3) is 5.27. The fraction of sp³-hybridized carbons (Fsp3) is 0.464. The molecule has 0 aromatic heterocycles. The predicted molar refractivity (Wildman–Crippen MR) is 132 cm³/mol. The average molecular weight is 530 g/mol. The lowest BCUT2D eigenvalue weighted by Gasteiger charge is -2.44. The van der Waals surface area contributed by atoms with Gasteiger partial charge in [0.05, 0.1) is 12.2 Å². The Bertz CT molecular complexity index is 1240. The van der Waals surface area contributed by atoms with Crippen LogP contribution in [-0.2, 0) is 27.0 Å². The molecule has 1 unspecified atom stereocenters. The zero-order valence-corrected chi connectivity index (χ0v) is 21.1. The summed E-state index contributed by atoms with van der Waals surface area (Å²) in [5.74, 6) is -0.637. The molecule has 2 saturated heterocycles. The first kappa shape index (κ1) is 26.2. The van der Waals surface area contributed by atoms with Gasteiger partial charge < -0.3 is 15.0 Å². The monoisotopic (exact) mass is 529 g/mol. The van der Waals surface area contributed by atoms with E-state index in [1.54, 1.807) is 18.2 Å². The first-order valence-corrected chi connectivity index (χ1v) is 12.8. The Balaban J connectivity index is 1.35. The van der Waals surface area contributed by atoms with E-state index in [9.17, 15) is 27.6 Å². The number of carbonyl (C=O) groups excluding carboxylic acids is 3. The summed E-state index contributed by atoms with van der Waals surface area (Å²) in [4.78, 5) is 43.0. The largest absolute Gasteiger partial charge is 0.416 e. The maximum atomic E-state index is 13.8. The zero-order chi connectivity index (χ0) is 27.1. The van der Waals surface area contributed by atoms with E-state index >= 15 is 0 Å². The fourth-order valence-electron chi connectivity index (χ4n) is 5.31. The molecule has 0 radical (unpaired) electrons. The SMILES string of the molecule is Cc1cccc(C(=O)N2C(C(=O)NCc3cccc(C(F)(F)F)c3)COC23CCN(C(=O)C2CC2)CC3)c1. The number of nitrogens with zero attached hydrogens (tertiary/aromatic N) is 2. The molecule has 1 atom stereocenters. The molecule has 38 heavy (non-hydrogen) atoms. The molecule has 10 heteroatoms. The maximum Gasteiger partial charge on any atom is 0.416 e. The highest BCUT2D eigenvalue weighted by molar-refractivity contribution is 5.98. The van der Waals surface area contributed by atoms with Gasteiger partial charge in [0.2, 0.25) is 11.8 Å². The highest BCUT2D eigenvalue weighted by Gasteiger charge is 2.54. The first-order chi connectivity index (χ1) is 18.1. The van der Waals surface area contributed by atoms with Gasteiger partial charge in [0.1, 0.15) is 11.8 Å². The minimum Gasteiger partial charge on any atom is -0.353 e. The molecule has 202 valence electrons. The number of hydrogen-bond acceptors (Lipinski definition) is 4. The van der Waals surface area contributed by atoms with Crippen LogP contribution >= 0.6 is 0 Å². The molecule has 2 aromatic carbocycles. The lowest BCUT2D eigenvalue weighted by molar-refractivity contribution is -0.144. The van der Waals surface area contributed by atoms with Crippen LogP contribution in [0.2, 0.25) is 0 Å². The van der Waals surface area contributed by atoms with Crippen LogP contribution in [0.5, 0.6) is 0 Å². The minimum absolute atomic E-state index is 0.0391. The molecule has 3 aliphatic rings. The smallest absolute Gasteiger partial charge is 0.353 e. The van der Waals surface area contributed by atoms with E-state index in [0.29, 0.717) is 37.1 Å². The van der Waals surface area contributed by atoms with Crippen LogP contribution in [0.3, 0.4) is 0 Å². The van der Waals surface area contributed by atoms with Crippen molar-refractivity contribution in [1.82, 2.24) is 15.1 Å². The van der Waals surface area contributed by atoms with Gasteiger partial charge in [0.15, 0.2) is 0 Å². The zero-order valence-electron chi connectivity index (χ0n) is 21.1. The van der Waals surface area contributed by atoms with Gasteiger partial charge in [-0.15, -0.1) is 0 Å². The Morgan fingerprint density at radius 3 is 2.42 bits per heavy atom. The summed E-state index contributed by atoms with van der Waals surface area (Å²) in [6, 6.07) is 10.9. The number of carbonyl (C=O) groups is 3. The van der Waals surface area contributed by atoms with Crippen LogP contribution < -0.4 is 5.32 Å². The molecule has 2 heterocycles. The van der Waals surface area contributed by atoms with E-state index < -0.39 is 29.4 Å². The summed E-state index contributed by atoms with van der Waals surface area (Å²) < 4.78 is 45.5. The van der Waals surface area contributed by atoms with E-state index in [1.165, 1.54) is 17.0 Å². The van der Waals surface area contributed by atoms with Gasteiger partial charge in [-0.25, -0.2) is 0 Å². The first-order valence-electron chi connectivity index (χ1n) is 12.8. The molecule has 1 saturated carbocycles. The van der Waals surface area contributed by atoms with Crippen LogP contribution in [0, 0.1) is 12.8 Å². The molecule has 5 rings (SSSR count). The number of rotatable bonds is 5. The molecule has 3 fully saturated rings. The van der Waals surface area contributed by atoms with Gasteiger partial charge in [-0.05, 0) is 49.6 Å². The Morgan fingerprint density at radius 1 is 1.05 bits per heavy atom. The molecule has 3 amide bonds. The number of nitrogens with one attached hydrogen (secondary N) is 1. The number of halogens is 3. The minimum atomic E-state index is -4.49. The van der Waals surface area contributed by atoms with Crippen molar-refractivity contribution in [2.24, 2.45) is 5.92 Å². The summed E-state index contributed by atoms with van der Waals surface area (Å²) in [5.41, 5.74) is -0.233. The van der Waals surface area contributed by atoms with E-state index in [2.05, 4.69) is 5.32 Å². The second-order valence-corrected chi connectivity index (χ2v) is 10.3. The number of aryl methyl sites for hydroxylation is 1. The molecular formula is C28H30F3N3O4. The van der Waals surface area contributed by atoms with Crippen molar-refractivity contribution in [3.63, 3.8) is 0 Å². The van der Waals surface area contributed by atoms with Crippen LogP contribution in [0.1, 0.15) is 52.7 Å². The van der Waals surface area contributed by atoms with E-state index in [0.717, 1.165) is 30.5 Å². The summed E-state index contributed by atoms with van der Waals surface area (Å²) in [5, 5.41) is 2.69. The normalized spacial score (nSPS) is 21.0. The number of alkyl halides is 3. The van der Waals surface area contributed by atoms with Crippen molar-refractivity contribution in [3.05, 3.63) is 70.8 Å². The number of benzene rings is 2. The van der Waals surface area contributed by atoms with E-state index in [4.69, 9.17) is 4.74 Å². The van der Waals surface area contributed by atoms with Gasteiger partial charge in [-0.1, -0.05) is 29.8 Å². The predicted octanol–water partition coefficient (Wildman–Crippen LogP) is 3.90. The van der Waals surface area contributed by atoms with Gasteiger partial charge in [-0.2, -0.15) is 13.2 Å². The van der Waals surface area contributed by atoms with Gasteiger partial charge in [0, 0.05) is 44.0 Å². The van der Waals surface area contributed by atoms with Crippen molar-refractivity contribution in [3.8, 4) is 0 Å².